The molecule has 0 radical (unpaired) electrons. The van der Waals surface area contributed by atoms with Crippen LogP contribution in [0.4, 0.5) is 5.82 Å². The van der Waals surface area contributed by atoms with Crippen LogP contribution in [0.5, 0.6) is 17.2 Å². The fourth-order valence-corrected chi connectivity index (χ4v) is 4.57. The van der Waals surface area contributed by atoms with Crippen molar-refractivity contribution in [3.8, 4) is 17.2 Å². The van der Waals surface area contributed by atoms with Gasteiger partial charge in [0, 0.05) is 38.9 Å². The number of rotatable bonds is 5. The van der Waals surface area contributed by atoms with Crippen molar-refractivity contribution in [1.82, 2.24) is 9.88 Å². The van der Waals surface area contributed by atoms with E-state index in [1.54, 1.807) is 31.3 Å². The van der Waals surface area contributed by atoms with Gasteiger partial charge in [0.25, 0.3) is 0 Å². The monoisotopic (exact) mass is 521 g/mol. The maximum absolute atomic E-state index is 13.3. The normalized spacial score (nSPS) is 14.5. The third-order valence-electron chi connectivity index (χ3n) is 6.04. The number of phenols is 1. The topological polar surface area (TPSA) is 79.0 Å². The predicted octanol–water partition coefficient (Wildman–Crippen LogP) is 5.08. The average Bonchev–Trinajstić information content (AvgIpc) is 2.85. The Morgan fingerprint density at radius 2 is 1.82 bits per heavy atom. The molecule has 0 aliphatic carbocycles. The van der Waals surface area contributed by atoms with Crippen molar-refractivity contribution in [2.24, 2.45) is 0 Å². The van der Waals surface area contributed by atoms with Gasteiger partial charge in [-0.2, -0.15) is 0 Å². The van der Waals surface area contributed by atoms with Gasteiger partial charge in [0.15, 0.2) is 0 Å². The molecule has 1 fully saturated rings. The second kappa shape index (κ2) is 9.48. The van der Waals surface area contributed by atoms with E-state index in [4.69, 9.17) is 9.15 Å². The van der Waals surface area contributed by atoms with Gasteiger partial charge in [-0.3, -0.25) is 9.69 Å². The molecule has 174 valence electrons. The first kappa shape index (κ1) is 22.4. The smallest absolute Gasteiger partial charge is 0.235 e. The molecule has 34 heavy (non-hydrogen) atoms. The molecule has 0 spiro atoms. The number of aromatic hydroxyl groups is 1. The summed E-state index contributed by atoms with van der Waals surface area (Å²) < 4.78 is 12.7. The van der Waals surface area contributed by atoms with Gasteiger partial charge < -0.3 is 19.2 Å². The number of hydrogen-bond donors (Lipinski definition) is 1. The minimum Gasteiger partial charge on any atom is -0.507 e. The maximum Gasteiger partial charge on any atom is 0.235 e. The molecule has 2 aromatic heterocycles. The van der Waals surface area contributed by atoms with Crippen molar-refractivity contribution in [2.45, 2.75) is 13.5 Å². The van der Waals surface area contributed by atoms with Crippen LogP contribution in [0.3, 0.4) is 0 Å². The number of piperazine rings is 1. The van der Waals surface area contributed by atoms with E-state index in [1.807, 2.05) is 36.4 Å². The lowest BCUT2D eigenvalue weighted by Gasteiger charge is -2.35. The van der Waals surface area contributed by atoms with Crippen molar-refractivity contribution in [2.75, 3.05) is 31.1 Å². The van der Waals surface area contributed by atoms with Crippen molar-refractivity contribution in [1.29, 1.82) is 0 Å². The summed E-state index contributed by atoms with van der Waals surface area (Å²) >= 11 is 3.44. The Bertz CT molecular complexity index is 1380. The van der Waals surface area contributed by atoms with E-state index in [2.05, 4.69) is 30.7 Å². The molecule has 0 unspecified atom stereocenters. The molecular formula is C26H24BrN3O4. The molecule has 0 amide bonds. The zero-order valence-electron chi connectivity index (χ0n) is 18.7. The van der Waals surface area contributed by atoms with Crippen molar-refractivity contribution < 1.29 is 14.3 Å². The number of benzene rings is 2. The predicted molar refractivity (Wildman–Crippen MR) is 135 cm³/mol. The lowest BCUT2D eigenvalue weighted by Crippen LogP contribution is -2.46. The lowest BCUT2D eigenvalue weighted by molar-refractivity contribution is 0.246. The summed E-state index contributed by atoms with van der Waals surface area (Å²) in [6.07, 6.45) is 1.80. The van der Waals surface area contributed by atoms with Crippen molar-refractivity contribution in [3.05, 3.63) is 86.8 Å². The number of nitrogens with zero attached hydrogens (tertiary/aromatic N) is 3. The summed E-state index contributed by atoms with van der Waals surface area (Å²) in [6, 6.07) is 16.4. The molecule has 1 aliphatic heterocycles. The lowest BCUT2D eigenvalue weighted by atomic mass is 10.1. The minimum atomic E-state index is -0.268. The number of hydrogen-bond acceptors (Lipinski definition) is 7. The quantitative estimate of drug-likeness (QED) is 0.392. The molecule has 1 aliphatic rings. The van der Waals surface area contributed by atoms with Crippen LogP contribution in [-0.2, 0) is 6.54 Å². The second-order valence-corrected chi connectivity index (χ2v) is 9.09. The highest BCUT2D eigenvalue weighted by Gasteiger charge is 2.23. The molecule has 4 aromatic rings. The standard InChI is InChI=1S/C26H24BrN3O4/c1-17-25(34-22-7-3-2-6-20(22)27)24(32)18-9-10-21(31)19(26(18)33-17)16-29-12-14-30(15-13-29)23-8-4-5-11-28-23/h2-11,31H,12-16H2,1H3. The van der Waals surface area contributed by atoms with E-state index < -0.39 is 0 Å². The van der Waals surface area contributed by atoms with Crippen molar-refractivity contribution in [3.63, 3.8) is 0 Å². The zero-order valence-corrected chi connectivity index (χ0v) is 20.3. The van der Waals surface area contributed by atoms with Crippen LogP contribution in [0.1, 0.15) is 11.3 Å². The van der Waals surface area contributed by atoms with Gasteiger partial charge in [0.2, 0.25) is 11.2 Å². The first-order chi connectivity index (χ1) is 16.5. The summed E-state index contributed by atoms with van der Waals surface area (Å²) in [4.78, 5) is 22.2. The number of para-hydroxylation sites is 1. The molecule has 2 aromatic carbocycles. The Kier molecular flexibility index (Phi) is 6.26. The largest absolute Gasteiger partial charge is 0.507 e. The third kappa shape index (κ3) is 4.38. The molecule has 0 bridgehead atoms. The van der Waals surface area contributed by atoms with E-state index in [0.29, 0.717) is 34.6 Å². The van der Waals surface area contributed by atoms with E-state index in [-0.39, 0.29) is 16.9 Å². The number of pyridine rings is 1. The fourth-order valence-electron chi connectivity index (χ4n) is 4.20. The molecule has 7 nitrogen and oxygen atoms in total. The van der Waals surface area contributed by atoms with Gasteiger partial charge in [-0.1, -0.05) is 18.2 Å². The second-order valence-electron chi connectivity index (χ2n) is 8.24. The van der Waals surface area contributed by atoms with E-state index >= 15 is 0 Å². The van der Waals surface area contributed by atoms with Gasteiger partial charge in [0.1, 0.15) is 28.7 Å². The van der Waals surface area contributed by atoms with Crippen LogP contribution >= 0.6 is 15.9 Å². The Morgan fingerprint density at radius 1 is 1.06 bits per heavy atom. The Labute approximate surface area is 205 Å². The van der Waals surface area contributed by atoms with Crippen LogP contribution in [0.15, 0.2) is 74.5 Å². The molecular weight excluding hydrogens is 498 g/mol. The molecule has 0 atom stereocenters. The highest BCUT2D eigenvalue weighted by atomic mass is 79.9. The number of phenolic OH excluding ortho intramolecular Hbond substituents is 1. The van der Waals surface area contributed by atoms with E-state index in [9.17, 15) is 9.90 Å². The summed E-state index contributed by atoms with van der Waals surface area (Å²) in [5.74, 6) is 2.11. The summed E-state index contributed by atoms with van der Waals surface area (Å²) in [7, 11) is 0. The Balaban J connectivity index is 1.42. The average molecular weight is 522 g/mol. The first-order valence-electron chi connectivity index (χ1n) is 11.1. The number of ether oxygens (including phenoxy) is 1. The van der Waals surface area contributed by atoms with Crippen LogP contribution in [0.25, 0.3) is 11.0 Å². The first-order valence-corrected chi connectivity index (χ1v) is 11.9. The van der Waals surface area contributed by atoms with E-state index in [0.717, 1.165) is 36.5 Å². The summed E-state index contributed by atoms with van der Waals surface area (Å²) in [5, 5.41) is 11.0. The highest BCUT2D eigenvalue weighted by Crippen LogP contribution is 2.34. The number of halogens is 1. The van der Waals surface area contributed by atoms with Crippen LogP contribution in [-0.4, -0.2) is 41.2 Å². The number of anilines is 1. The zero-order chi connectivity index (χ0) is 23.7. The number of aryl methyl sites for hydroxylation is 1. The third-order valence-corrected chi connectivity index (χ3v) is 6.69. The molecule has 0 saturated carbocycles. The maximum atomic E-state index is 13.3. The molecule has 5 rings (SSSR count). The summed E-state index contributed by atoms with van der Waals surface area (Å²) in [5.41, 5.74) is 0.737. The van der Waals surface area contributed by atoms with Gasteiger partial charge in [-0.25, -0.2) is 4.98 Å². The summed E-state index contributed by atoms with van der Waals surface area (Å²) in [6.45, 7) is 5.45. The number of aromatic nitrogens is 1. The molecule has 1 saturated heterocycles. The SMILES string of the molecule is Cc1oc2c(CN3CCN(c4ccccn4)CC3)c(O)ccc2c(=O)c1Oc1ccccc1Br. The van der Waals surface area contributed by atoms with E-state index in [1.165, 1.54) is 0 Å². The molecule has 8 heteroatoms. The van der Waals surface area contributed by atoms with Gasteiger partial charge in [-0.15, -0.1) is 0 Å². The van der Waals surface area contributed by atoms with Crippen LogP contribution < -0.4 is 15.1 Å². The van der Waals surface area contributed by atoms with Gasteiger partial charge in [-0.05, 0) is 59.3 Å². The Hall–Kier alpha value is -3.36. The Morgan fingerprint density at radius 3 is 2.56 bits per heavy atom. The molecule has 1 N–H and O–H groups in total. The number of fused-ring (bicyclic) bond motifs is 1. The highest BCUT2D eigenvalue weighted by molar-refractivity contribution is 9.10. The molecule has 3 heterocycles. The fraction of sp³-hybridized carbons (Fsp3) is 0.231. The minimum absolute atomic E-state index is 0.113. The van der Waals surface area contributed by atoms with Crippen molar-refractivity contribution >= 4 is 32.7 Å². The van der Waals surface area contributed by atoms with Crippen LogP contribution in [0.2, 0.25) is 0 Å². The van der Waals surface area contributed by atoms with Gasteiger partial charge >= 0.3 is 0 Å². The van der Waals surface area contributed by atoms with Crippen LogP contribution in [0, 0.1) is 6.92 Å². The van der Waals surface area contributed by atoms with Gasteiger partial charge in [0.05, 0.1) is 15.4 Å².